The molecule has 0 saturated heterocycles. The second-order valence-corrected chi connectivity index (χ2v) is 1.17. The van der Waals surface area contributed by atoms with Gasteiger partial charge in [0.15, 0.2) is 0 Å². The highest BCUT2D eigenvalue weighted by atomic mass is 35.5. The van der Waals surface area contributed by atoms with E-state index < -0.39 is 0 Å². The molecule has 0 amide bonds. The van der Waals surface area contributed by atoms with Crippen LogP contribution in [0.1, 0.15) is 0 Å². The van der Waals surface area contributed by atoms with Crippen molar-refractivity contribution >= 4 is 24.8 Å². The summed E-state index contributed by atoms with van der Waals surface area (Å²) in [5.41, 5.74) is 0. The summed E-state index contributed by atoms with van der Waals surface area (Å²) in [6.45, 7) is 0. The van der Waals surface area contributed by atoms with Crippen molar-refractivity contribution in [2.45, 2.75) is 0 Å². The summed E-state index contributed by atoms with van der Waals surface area (Å²) in [7, 11) is 0. The summed E-state index contributed by atoms with van der Waals surface area (Å²) in [5, 5.41) is 0. The lowest BCUT2D eigenvalue weighted by Crippen LogP contribution is -1.70. The molecule has 0 unspecified atom stereocenters. The van der Waals surface area contributed by atoms with Crippen LogP contribution in [-0.2, 0) is 0 Å². The third kappa shape index (κ3) is 4.18. The first kappa shape index (κ1) is 11.5. The first-order chi connectivity index (χ1) is 3.39. The van der Waals surface area contributed by atoms with Gasteiger partial charge >= 0.3 is 0 Å². The van der Waals surface area contributed by atoms with Crippen molar-refractivity contribution in [1.82, 2.24) is 4.98 Å². The van der Waals surface area contributed by atoms with Gasteiger partial charge in [-0.05, 0) is 12.1 Å². The number of aromatic nitrogens is 1. The van der Waals surface area contributed by atoms with Crippen molar-refractivity contribution in [3.05, 3.63) is 30.3 Å². The molecule has 0 radical (unpaired) electrons. The molecule has 1 aromatic rings. The lowest BCUT2D eigenvalue weighted by molar-refractivity contribution is 0.621. The van der Waals surface area contributed by atoms with E-state index in [1.807, 2.05) is 0 Å². The first-order valence-electron chi connectivity index (χ1n) is 1.95. The van der Waals surface area contributed by atoms with Crippen LogP contribution in [0.2, 0.25) is 0 Å². The van der Waals surface area contributed by atoms with Crippen molar-refractivity contribution in [1.29, 1.82) is 0 Å². The Bertz CT molecular complexity index is 145. The molecule has 1 aromatic heterocycles. The molecule has 1 nitrogen and oxygen atoms in total. The molecule has 0 N–H and O–H groups in total. The van der Waals surface area contributed by atoms with Gasteiger partial charge < -0.3 is 0 Å². The average Bonchev–Trinajstić information content (AvgIpc) is 1.69. The van der Waals surface area contributed by atoms with E-state index in [0.29, 0.717) is 0 Å². The molecule has 0 aliphatic rings. The van der Waals surface area contributed by atoms with E-state index in [9.17, 15) is 4.39 Å². The van der Waals surface area contributed by atoms with Crippen LogP contribution in [0, 0.1) is 5.82 Å². The van der Waals surface area contributed by atoms with Crippen molar-refractivity contribution in [3.8, 4) is 0 Å². The van der Waals surface area contributed by atoms with Crippen molar-refractivity contribution in [2.75, 3.05) is 0 Å². The summed E-state index contributed by atoms with van der Waals surface area (Å²) in [4.78, 5) is 3.51. The Kier molecular flexibility index (Phi) is 7.37. The van der Waals surface area contributed by atoms with E-state index in [-0.39, 0.29) is 30.6 Å². The number of nitrogens with zero attached hydrogens (tertiary/aromatic N) is 1. The maximum absolute atomic E-state index is 11.8. The molecule has 1 rings (SSSR count). The molecule has 0 fully saturated rings. The Morgan fingerprint density at radius 1 is 1.33 bits per heavy atom. The smallest absolute Gasteiger partial charge is 0.141 e. The van der Waals surface area contributed by atoms with Gasteiger partial charge in [-0.2, -0.15) is 0 Å². The molecule has 9 heavy (non-hydrogen) atoms. The Morgan fingerprint density at radius 2 is 2.00 bits per heavy atom. The van der Waals surface area contributed by atoms with Gasteiger partial charge in [-0.25, -0.2) is 4.39 Å². The van der Waals surface area contributed by atoms with Gasteiger partial charge in [-0.3, -0.25) is 4.98 Å². The summed E-state index contributed by atoms with van der Waals surface area (Å²) in [6, 6.07) is 2.91. The minimum Gasteiger partial charge on any atom is -0.262 e. The van der Waals surface area contributed by atoms with E-state index in [2.05, 4.69) is 4.98 Å². The summed E-state index contributed by atoms with van der Waals surface area (Å²) < 4.78 is 11.8. The molecule has 0 saturated carbocycles. The van der Waals surface area contributed by atoms with Gasteiger partial charge in [0.1, 0.15) is 5.82 Å². The van der Waals surface area contributed by atoms with E-state index in [1.165, 1.54) is 18.5 Å². The summed E-state index contributed by atoms with van der Waals surface area (Å²) >= 11 is 0. The van der Waals surface area contributed by atoms with Crippen LogP contribution >= 0.6 is 24.8 Å². The topological polar surface area (TPSA) is 12.9 Å². The lowest BCUT2D eigenvalue weighted by atomic mass is 10.5. The zero-order valence-electron chi connectivity index (χ0n) is 4.45. The normalized spacial score (nSPS) is 6.78. The number of hydrogen-bond donors (Lipinski definition) is 0. The van der Waals surface area contributed by atoms with Crippen molar-refractivity contribution in [3.63, 3.8) is 0 Å². The predicted molar refractivity (Wildman–Crippen MR) is 38.7 cm³/mol. The highest BCUT2D eigenvalue weighted by molar-refractivity contribution is 5.85. The van der Waals surface area contributed by atoms with Crippen molar-refractivity contribution < 1.29 is 4.39 Å². The minimum atomic E-state index is -0.289. The minimum absolute atomic E-state index is 0. The Morgan fingerprint density at radius 3 is 2.22 bits per heavy atom. The maximum atomic E-state index is 11.8. The quantitative estimate of drug-likeness (QED) is 0.580. The fourth-order valence-electron chi connectivity index (χ4n) is 0.342. The first-order valence-corrected chi connectivity index (χ1v) is 1.95. The lowest BCUT2D eigenvalue weighted by Gasteiger charge is -1.78. The number of halogens is 3. The van der Waals surface area contributed by atoms with Crippen LogP contribution in [0.5, 0.6) is 0 Å². The largest absolute Gasteiger partial charge is 0.262 e. The maximum Gasteiger partial charge on any atom is 0.141 e. The average molecular weight is 170 g/mol. The second kappa shape index (κ2) is 5.79. The molecule has 52 valence electrons. The van der Waals surface area contributed by atoms with Gasteiger partial charge in [0, 0.05) is 6.20 Å². The molecule has 0 spiro atoms. The Labute approximate surface area is 65.1 Å². The molecular formula is C5H6Cl2FN. The molecule has 0 aliphatic heterocycles. The Hall–Kier alpha value is -0.340. The number of pyridine rings is 1. The van der Waals surface area contributed by atoms with E-state index in [4.69, 9.17) is 0 Å². The van der Waals surface area contributed by atoms with E-state index >= 15 is 0 Å². The highest BCUT2D eigenvalue weighted by Gasteiger charge is 1.78. The molecule has 0 aliphatic carbocycles. The predicted octanol–water partition coefficient (Wildman–Crippen LogP) is 2.06. The molecular weight excluding hydrogens is 164 g/mol. The standard InChI is InChI=1S/C5H4FN.2ClH/c6-5-2-1-3-7-4-5;;/h1-4H;2*1H. The van der Waals surface area contributed by atoms with E-state index in [1.54, 1.807) is 6.07 Å². The van der Waals surface area contributed by atoms with Crippen LogP contribution in [0.4, 0.5) is 4.39 Å². The highest BCUT2D eigenvalue weighted by Crippen LogP contribution is 1.87. The molecule has 1 heterocycles. The van der Waals surface area contributed by atoms with Crippen LogP contribution in [0.3, 0.4) is 0 Å². The summed E-state index contributed by atoms with van der Waals surface area (Å²) in [6.07, 6.45) is 2.70. The fraction of sp³-hybridized carbons (Fsp3) is 0. The molecule has 4 heteroatoms. The number of rotatable bonds is 0. The van der Waals surface area contributed by atoms with Gasteiger partial charge in [-0.15, -0.1) is 24.8 Å². The van der Waals surface area contributed by atoms with Crippen LogP contribution in [-0.4, -0.2) is 4.98 Å². The van der Waals surface area contributed by atoms with Gasteiger partial charge in [0.05, 0.1) is 6.20 Å². The third-order valence-electron chi connectivity index (χ3n) is 0.625. The van der Waals surface area contributed by atoms with Crippen LogP contribution in [0.25, 0.3) is 0 Å². The SMILES string of the molecule is Cl.Cl.Fc1cccnc1. The van der Waals surface area contributed by atoms with E-state index in [0.717, 1.165) is 0 Å². The second-order valence-electron chi connectivity index (χ2n) is 1.17. The molecule has 0 aromatic carbocycles. The summed E-state index contributed by atoms with van der Waals surface area (Å²) in [5.74, 6) is -0.289. The molecule has 0 atom stereocenters. The zero-order chi connectivity index (χ0) is 5.11. The van der Waals surface area contributed by atoms with Crippen molar-refractivity contribution in [2.24, 2.45) is 0 Å². The Balaban J connectivity index is 0. The van der Waals surface area contributed by atoms with Gasteiger partial charge in [-0.1, -0.05) is 0 Å². The monoisotopic (exact) mass is 169 g/mol. The van der Waals surface area contributed by atoms with Gasteiger partial charge in [0.2, 0.25) is 0 Å². The fourth-order valence-corrected chi connectivity index (χ4v) is 0.342. The van der Waals surface area contributed by atoms with Crippen LogP contribution in [0.15, 0.2) is 24.5 Å². The third-order valence-corrected chi connectivity index (χ3v) is 0.625. The van der Waals surface area contributed by atoms with Crippen LogP contribution < -0.4 is 0 Å². The number of hydrogen-bond acceptors (Lipinski definition) is 1. The molecule has 0 bridgehead atoms. The zero-order valence-corrected chi connectivity index (χ0v) is 6.08. The van der Waals surface area contributed by atoms with Gasteiger partial charge in [0.25, 0.3) is 0 Å².